The summed E-state index contributed by atoms with van der Waals surface area (Å²) in [5, 5.41) is 5.56. The summed E-state index contributed by atoms with van der Waals surface area (Å²) in [5.74, 6) is 0. The molecule has 3 nitrogen and oxygen atoms in total. The van der Waals surface area contributed by atoms with Gasteiger partial charge in [-0.05, 0) is 11.6 Å². The van der Waals surface area contributed by atoms with Gasteiger partial charge in [-0.3, -0.25) is 0 Å². The molecule has 68 valence electrons. The maximum absolute atomic E-state index is 10.9. The first-order valence-corrected chi connectivity index (χ1v) is 4.85. The number of halogens is 1. The Hall–Kier alpha value is -1.03. The van der Waals surface area contributed by atoms with Crippen LogP contribution in [-0.4, -0.2) is 12.6 Å². The van der Waals surface area contributed by atoms with Gasteiger partial charge in [-0.2, -0.15) is 0 Å². The summed E-state index contributed by atoms with van der Waals surface area (Å²) >= 11 is 3.45. The molecule has 1 atom stereocenters. The molecule has 0 saturated carbocycles. The molecule has 1 aromatic rings. The summed E-state index contributed by atoms with van der Waals surface area (Å²) in [6.07, 6.45) is 0. The zero-order valence-electron chi connectivity index (χ0n) is 6.88. The predicted molar refractivity (Wildman–Crippen MR) is 53.4 cm³/mol. The lowest BCUT2D eigenvalue weighted by Gasteiger charge is -2.10. The Balaban J connectivity index is 2.26. The standard InChI is InChI=1S/C9H9BrN2O/c10-7-4-2-1-3-6(7)8-5-11-9(13)12-8/h1-4,8H,5H2,(H2,11,12,13)/t8-/m0/s1. The molecule has 0 bridgehead atoms. The van der Waals surface area contributed by atoms with Crippen molar-refractivity contribution >= 4 is 22.0 Å². The van der Waals surface area contributed by atoms with Crippen LogP contribution in [0.1, 0.15) is 11.6 Å². The monoisotopic (exact) mass is 240 g/mol. The summed E-state index contributed by atoms with van der Waals surface area (Å²) in [4.78, 5) is 10.9. The van der Waals surface area contributed by atoms with Crippen molar-refractivity contribution in [2.75, 3.05) is 6.54 Å². The first kappa shape index (κ1) is 8.56. The molecule has 1 fully saturated rings. The molecule has 1 aliphatic rings. The number of urea groups is 1. The fourth-order valence-electron chi connectivity index (χ4n) is 1.40. The van der Waals surface area contributed by atoms with Gasteiger partial charge in [0.2, 0.25) is 0 Å². The quantitative estimate of drug-likeness (QED) is 0.773. The predicted octanol–water partition coefficient (Wildman–Crippen LogP) is 1.80. The zero-order valence-corrected chi connectivity index (χ0v) is 8.47. The number of benzene rings is 1. The SMILES string of the molecule is O=C1NC[C@@H](c2ccccc2Br)N1. The highest BCUT2D eigenvalue weighted by atomic mass is 79.9. The molecule has 13 heavy (non-hydrogen) atoms. The largest absolute Gasteiger partial charge is 0.336 e. The van der Waals surface area contributed by atoms with E-state index in [1.54, 1.807) is 0 Å². The van der Waals surface area contributed by atoms with Crippen LogP contribution < -0.4 is 10.6 Å². The Morgan fingerprint density at radius 1 is 1.38 bits per heavy atom. The average Bonchev–Trinajstić information content (AvgIpc) is 2.53. The smallest absolute Gasteiger partial charge is 0.315 e. The number of hydrogen-bond donors (Lipinski definition) is 2. The van der Waals surface area contributed by atoms with Gasteiger partial charge < -0.3 is 10.6 Å². The van der Waals surface area contributed by atoms with Crippen molar-refractivity contribution in [2.24, 2.45) is 0 Å². The molecule has 2 N–H and O–H groups in total. The molecule has 0 aliphatic carbocycles. The highest BCUT2D eigenvalue weighted by Crippen LogP contribution is 2.23. The van der Waals surface area contributed by atoms with Crippen LogP contribution >= 0.6 is 15.9 Å². The lowest BCUT2D eigenvalue weighted by Crippen LogP contribution is -2.21. The van der Waals surface area contributed by atoms with Gasteiger partial charge in [0.05, 0.1) is 6.04 Å². The third kappa shape index (κ3) is 1.67. The van der Waals surface area contributed by atoms with Crippen molar-refractivity contribution in [1.29, 1.82) is 0 Å². The molecule has 1 aromatic carbocycles. The molecular formula is C9H9BrN2O. The minimum Gasteiger partial charge on any atom is -0.336 e. The highest BCUT2D eigenvalue weighted by molar-refractivity contribution is 9.10. The molecule has 0 unspecified atom stereocenters. The van der Waals surface area contributed by atoms with E-state index >= 15 is 0 Å². The number of carbonyl (C=O) groups excluding carboxylic acids is 1. The molecule has 2 amide bonds. The van der Waals surface area contributed by atoms with Gasteiger partial charge in [-0.1, -0.05) is 34.1 Å². The van der Waals surface area contributed by atoms with Crippen molar-refractivity contribution in [2.45, 2.75) is 6.04 Å². The van der Waals surface area contributed by atoms with Crippen LogP contribution in [0.15, 0.2) is 28.7 Å². The van der Waals surface area contributed by atoms with Gasteiger partial charge in [0.1, 0.15) is 0 Å². The summed E-state index contributed by atoms with van der Waals surface area (Å²) in [6, 6.07) is 7.88. The van der Waals surface area contributed by atoms with E-state index in [2.05, 4.69) is 26.6 Å². The lowest BCUT2D eigenvalue weighted by molar-refractivity contribution is 0.247. The fourth-order valence-corrected chi connectivity index (χ4v) is 1.96. The molecule has 0 aromatic heterocycles. The van der Waals surface area contributed by atoms with E-state index in [4.69, 9.17) is 0 Å². The third-order valence-electron chi connectivity index (χ3n) is 2.05. The maximum atomic E-state index is 10.9. The number of hydrogen-bond acceptors (Lipinski definition) is 1. The maximum Gasteiger partial charge on any atom is 0.315 e. The number of rotatable bonds is 1. The van der Waals surface area contributed by atoms with Gasteiger partial charge in [0.15, 0.2) is 0 Å². The van der Waals surface area contributed by atoms with E-state index in [9.17, 15) is 4.79 Å². The van der Waals surface area contributed by atoms with E-state index in [-0.39, 0.29) is 12.1 Å². The second kappa shape index (κ2) is 3.38. The summed E-state index contributed by atoms with van der Waals surface area (Å²) in [7, 11) is 0. The van der Waals surface area contributed by atoms with Crippen molar-refractivity contribution in [3.8, 4) is 0 Å². The highest BCUT2D eigenvalue weighted by Gasteiger charge is 2.22. The lowest BCUT2D eigenvalue weighted by atomic mass is 10.1. The van der Waals surface area contributed by atoms with Crippen LogP contribution in [0.2, 0.25) is 0 Å². The van der Waals surface area contributed by atoms with Crippen LogP contribution in [-0.2, 0) is 0 Å². The van der Waals surface area contributed by atoms with Crippen LogP contribution in [0, 0.1) is 0 Å². The van der Waals surface area contributed by atoms with E-state index in [1.807, 2.05) is 24.3 Å². The second-order valence-electron chi connectivity index (χ2n) is 2.93. The Morgan fingerprint density at radius 2 is 2.15 bits per heavy atom. The van der Waals surface area contributed by atoms with E-state index in [0.717, 1.165) is 10.0 Å². The minimum atomic E-state index is -0.0965. The molecule has 1 aliphatic heterocycles. The number of amides is 2. The van der Waals surface area contributed by atoms with Gasteiger partial charge in [-0.25, -0.2) is 4.79 Å². The van der Waals surface area contributed by atoms with Crippen molar-refractivity contribution in [1.82, 2.24) is 10.6 Å². The van der Waals surface area contributed by atoms with Crippen molar-refractivity contribution in [3.05, 3.63) is 34.3 Å². The topological polar surface area (TPSA) is 41.1 Å². The first-order valence-electron chi connectivity index (χ1n) is 4.06. The van der Waals surface area contributed by atoms with Crippen LogP contribution in [0.5, 0.6) is 0 Å². The van der Waals surface area contributed by atoms with Crippen LogP contribution in [0.3, 0.4) is 0 Å². The number of carbonyl (C=O) groups is 1. The molecule has 4 heteroatoms. The molecule has 0 spiro atoms. The first-order chi connectivity index (χ1) is 6.27. The molecule has 2 rings (SSSR count). The average molecular weight is 241 g/mol. The van der Waals surface area contributed by atoms with Crippen molar-refractivity contribution < 1.29 is 4.79 Å². The Labute approximate surface area is 84.6 Å². The summed E-state index contributed by atoms with van der Waals surface area (Å²) in [5.41, 5.74) is 1.11. The van der Waals surface area contributed by atoms with E-state index in [0.29, 0.717) is 6.54 Å². The minimum absolute atomic E-state index is 0.0862. The normalized spacial score (nSPS) is 21.0. The third-order valence-corrected chi connectivity index (χ3v) is 2.77. The van der Waals surface area contributed by atoms with Gasteiger partial charge in [0.25, 0.3) is 0 Å². The van der Waals surface area contributed by atoms with Gasteiger partial charge in [-0.15, -0.1) is 0 Å². The second-order valence-corrected chi connectivity index (χ2v) is 3.78. The zero-order chi connectivity index (χ0) is 9.26. The fraction of sp³-hybridized carbons (Fsp3) is 0.222. The van der Waals surface area contributed by atoms with Crippen LogP contribution in [0.25, 0.3) is 0 Å². The van der Waals surface area contributed by atoms with E-state index < -0.39 is 0 Å². The van der Waals surface area contributed by atoms with Crippen molar-refractivity contribution in [3.63, 3.8) is 0 Å². The molecule has 1 heterocycles. The van der Waals surface area contributed by atoms with E-state index in [1.165, 1.54) is 0 Å². The Kier molecular flexibility index (Phi) is 2.22. The van der Waals surface area contributed by atoms with Gasteiger partial charge in [0, 0.05) is 11.0 Å². The Bertz CT molecular complexity index is 340. The van der Waals surface area contributed by atoms with Crippen LogP contribution in [0.4, 0.5) is 4.79 Å². The van der Waals surface area contributed by atoms with Gasteiger partial charge >= 0.3 is 6.03 Å². The Morgan fingerprint density at radius 3 is 2.77 bits per heavy atom. The summed E-state index contributed by atoms with van der Waals surface area (Å²) in [6.45, 7) is 0.654. The molecule has 1 saturated heterocycles. The molecular weight excluding hydrogens is 232 g/mol. The summed E-state index contributed by atoms with van der Waals surface area (Å²) < 4.78 is 1.03. The number of nitrogens with one attached hydrogen (secondary N) is 2. The molecule has 0 radical (unpaired) electrons.